The van der Waals surface area contributed by atoms with E-state index in [1.54, 1.807) is 40.3 Å². The van der Waals surface area contributed by atoms with Crippen molar-refractivity contribution in [2.75, 3.05) is 13.2 Å². The number of carbonyl (C=O) groups excluding carboxylic acids is 1. The average molecular weight is 275 g/mol. The van der Waals surface area contributed by atoms with Crippen LogP contribution in [0.3, 0.4) is 0 Å². The van der Waals surface area contributed by atoms with Gasteiger partial charge in [-0.3, -0.25) is 9.36 Å². The molecule has 0 bridgehead atoms. The highest BCUT2D eigenvalue weighted by Gasteiger charge is 2.30. The van der Waals surface area contributed by atoms with Gasteiger partial charge in [-0.1, -0.05) is 0 Å². The zero-order valence-electron chi connectivity index (χ0n) is 10.8. The second kappa shape index (κ2) is 5.36. The average Bonchev–Trinajstić information content (AvgIpc) is 3.17. The summed E-state index contributed by atoms with van der Waals surface area (Å²) in [5.41, 5.74) is 0.245. The number of alkyl halides is 1. The zero-order valence-corrected chi connectivity index (χ0v) is 10.8. The third kappa shape index (κ3) is 2.26. The monoisotopic (exact) mass is 275 g/mol. The Kier molecular flexibility index (Phi) is 3.41. The van der Waals surface area contributed by atoms with Gasteiger partial charge in [-0.15, -0.1) is 10.2 Å². The van der Waals surface area contributed by atoms with Gasteiger partial charge in [-0.25, -0.2) is 9.37 Å². The predicted octanol–water partition coefficient (Wildman–Crippen LogP) is 1.24. The maximum absolute atomic E-state index is 12.8. The smallest absolute Gasteiger partial charge is 0.274 e. The summed E-state index contributed by atoms with van der Waals surface area (Å²) in [5.74, 6) is 0.331. The second-order valence-corrected chi connectivity index (χ2v) is 4.70. The van der Waals surface area contributed by atoms with Crippen molar-refractivity contribution in [1.29, 1.82) is 0 Å². The van der Waals surface area contributed by atoms with Gasteiger partial charge in [0.15, 0.2) is 11.5 Å². The summed E-state index contributed by atoms with van der Waals surface area (Å²) < 4.78 is 14.5. The molecular weight excluding hydrogens is 261 g/mol. The molecule has 1 fully saturated rings. The van der Waals surface area contributed by atoms with Gasteiger partial charge >= 0.3 is 0 Å². The molecule has 1 amide bonds. The van der Waals surface area contributed by atoms with Gasteiger partial charge in [0, 0.05) is 18.9 Å². The van der Waals surface area contributed by atoms with Gasteiger partial charge in [0.25, 0.3) is 5.91 Å². The highest BCUT2D eigenvalue weighted by atomic mass is 19.1. The standard InChI is InChI=1S/C13H14FN5O/c14-8-10-2-1-6-19(10)13(20)11-3-4-12(17-16-11)18-7-5-15-9-18/h3-5,7,9-10H,1-2,6,8H2. The van der Waals surface area contributed by atoms with Gasteiger partial charge in [-0.2, -0.15) is 0 Å². The highest BCUT2D eigenvalue weighted by molar-refractivity contribution is 5.92. The van der Waals surface area contributed by atoms with E-state index in [0.717, 1.165) is 6.42 Å². The van der Waals surface area contributed by atoms with Crippen molar-refractivity contribution in [2.45, 2.75) is 18.9 Å². The summed E-state index contributed by atoms with van der Waals surface area (Å²) >= 11 is 0. The van der Waals surface area contributed by atoms with Crippen LogP contribution in [0, 0.1) is 0 Å². The number of aromatic nitrogens is 4. The number of amides is 1. The molecule has 2 aromatic rings. The highest BCUT2D eigenvalue weighted by Crippen LogP contribution is 2.19. The van der Waals surface area contributed by atoms with Crippen LogP contribution >= 0.6 is 0 Å². The Morgan fingerprint density at radius 3 is 2.95 bits per heavy atom. The first-order chi connectivity index (χ1) is 9.79. The molecule has 2 aromatic heterocycles. The number of imidazole rings is 1. The van der Waals surface area contributed by atoms with Crippen LogP contribution in [0.4, 0.5) is 4.39 Å². The molecule has 0 aromatic carbocycles. The molecule has 0 aliphatic carbocycles. The van der Waals surface area contributed by atoms with Gasteiger partial charge in [0.05, 0.1) is 6.04 Å². The lowest BCUT2D eigenvalue weighted by Crippen LogP contribution is -2.37. The van der Waals surface area contributed by atoms with Crippen LogP contribution in [0.2, 0.25) is 0 Å². The number of nitrogens with zero attached hydrogens (tertiary/aromatic N) is 5. The molecule has 7 heteroatoms. The third-order valence-electron chi connectivity index (χ3n) is 3.45. The largest absolute Gasteiger partial charge is 0.332 e. The number of likely N-dealkylation sites (tertiary alicyclic amines) is 1. The molecular formula is C13H14FN5O. The molecule has 1 aliphatic rings. The SMILES string of the molecule is O=C(c1ccc(-n2ccnc2)nn1)N1CCCC1CF. The van der Waals surface area contributed by atoms with Crippen LogP contribution in [0.25, 0.3) is 5.82 Å². The van der Waals surface area contributed by atoms with Crippen molar-refractivity contribution in [3.8, 4) is 5.82 Å². The quantitative estimate of drug-likeness (QED) is 0.845. The molecule has 1 atom stereocenters. The molecule has 3 heterocycles. The summed E-state index contributed by atoms with van der Waals surface area (Å²) in [6, 6.07) is 2.98. The lowest BCUT2D eigenvalue weighted by atomic mass is 10.2. The molecule has 104 valence electrons. The van der Waals surface area contributed by atoms with E-state index in [0.29, 0.717) is 18.8 Å². The van der Waals surface area contributed by atoms with E-state index in [2.05, 4.69) is 15.2 Å². The number of halogens is 1. The fourth-order valence-electron chi connectivity index (χ4n) is 2.38. The Morgan fingerprint density at radius 1 is 1.40 bits per heavy atom. The Morgan fingerprint density at radius 2 is 2.30 bits per heavy atom. The van der Waals surface area contributed by atoms with Crippen LogP contribution in [-0.2, 0) is 0 Å². The Labute approximate surface area is 115 Å². The van der Waals surface area contributed by atoms with E-state index in [1.165, 1.54) is 0 Å². The minimum atomic E-state index is -0.508. The van der Waals surface area contributed by atoms with Crippen LogP contribution < -0.4 is 0 Å². The minimum Gasteiger partial charge on any atom is -0.332 e. The third-order valence-corrected chi connectivity index (χ3v) is 3.45. The molecule has 0 saturated carbocycles. The van der Waals surface area contributed by atoms with Crippen LogP contribution in [0.5, 0.6) is 0 Å². The van der Waals surface area contributed by atoms with E-state index in [4.69, 9.17) is 0 Å². The molecule has 1 unspecified atom stereocenters. The normalized spacial score (nSPS) is 18.4. The first-order valence-corrected chi connectivity index (χ1v) is 6.48. The Balaban J connectivity index is 1.79. The summed E-state index contributed by atoms with van der Waals surface area (Å²) in [4.78, 5) is 17.7. The van der Waals surface area contributed by atoms with Gasteiger partial charge in [0.2, 0.25) is 0 Å². The molecule has 0 radical (unpaired) electrons. The van der Waals surface area contributed by atoms with Crippen molar-refractivity contribution < 1.29 is 9.18 Å². The van der Waals surface area contributed by atoms with Crippen LogP contribution in [-0.4, -0.2) is 49.8 Å². The Bertz CT molecular complexity index is 583. The van der Waals surface area contributed by atoms with Crippen molar-refractivity contribution in [3.05, 3.63) is 36.5 Å². The van der Waals surface area contributed by atoms with Crippen LogP contribution in [0.1, 0.15) is 23.3 Å². The maximum Gasteiger partial charge on any atom is 0.274 e. The van der Waals surface area contributed by atoms with Gasteiger partial charge < -0.3 is 4.90 Å². The predicted molar refractivity (Wildman–Crippen MR) is 69.2 cm³/mol. The molecule has 0 N–H and O–H groups in total. The van der Waals surface area contributed by atoms with Crippen molar-refractivity contribution in [2.24, 2.45) is 0 Å². The minimum absolute atomic E-state index is 0.245. The second-order valence-electron chi connectivity index (χ2n) is 4.70. The molecule has 20 heavy (non-hydrogen) atoms. The summed E-state index contributed by atoms with van der Waals surface area (Å²) in [6.07, 6.45) is 6.52. The first-order valence-electron chi connectivity index (χ1n) is 6.48. The fourth-order valence-corrected chi connectivity index (χ4v) is 2.38. The van der Waals surface area contributed by atoms with Crippen LogP contribution in [0.15, 0.2) is 30.9 Å². The van der Waals surface area contributed by atoms with Crippen molar-refractivity contribution >= 4 is 5.91 Å². The van der Waals surface area contributed by atoms with E-state index >= 15 is 0 Å². The summed E-state index contributed by atoms with van der Waals surface area (Å²) in [6.45, 7) is 0.0741. The van der Waals surface area contributed by atoms with Crippen molar-refractivity contribution in [1.82, 2.24) is 24.6 Å². The lowest BCUT2D eigenvalue weighted by Gasteiger charge is -2.21. The molecule has 1 saturated heterocycles. The van der Waals surface area contributed by atoms with E-state index in [1.807, 2.05) is 0 Å². The maximum atomic E-state index is 12.8. The first kappa shape index (κ1) is 12.7. The van der Waals surface area contributed by atoms with E-state index in [9.17, 15) is 9.18 Å². The number of rotatable bonds is 3. The number of hydrogen-bond acceptors (Lipinski definition) is 4. The van der Waals surface area contributed by atoms with Crippen molar-refractivity contribution in [3.63, 3.8) is 0 Å². The molecule has 6 nitrogen and oxygen atoms in total. The Hall–Kier alpha value is -2.31. The summed E-state index contributed by atoms with van der Waals surface area (Å²) in [7, 11) is 0. The van der Waals surface area contributed by atoms with E-state index < -0.39 is 6.67 Å². The molecule has 0 spiro atoms. The summed E-state index contributed by atoms with van der Waals surface area (Å²) in [5, 5.41) is 7.93. The molecule has 1 aliphatic heterocycles. The topological polar surface area (TPSA) is 63.9 Å². The fraction of sp³-hybridized carbons (Fsp3) is 0.385. The molecule has 3 rings (SSSR count). The van der Waals surface area contributed by atoms with Gasteiger partial charge in [0.1, 0.15) is 13.0 Å². The number of carbonyl (C=O) groups is 1. The lowest BCUT2D eigenvalue weighted by molar-refractivity contribution is 0.0709. The van der Waals surface area contributed by atoms with Gasteiger partial charge in [-0.05, 0) is 25.0 Å². The number of hydrogen-bond donors (Lipinski definition) is 0. The zero-order chi connectivity index (χ0) is 13.9. The van der Waals surface area contributed by atoms with E-state index in [-0.39, 0.29) is 17.6 Å².